The quantitative estimate of drug-likeness (QED) is 0.796. The van der Waals surface area contributed by atoms with Gasteiger partial charge in [0.1, 0.15) is 0 Å². The van der Waals surface area contributed by atoms with Gasteiger partial charge in [0.05, 0.1) is 5.92 Å². The first-order valence-electron chi connectivity index (χ1n) is 7.99. The zero-order valence-electron chi connectivity index (χ0n) is 13.8. The number of hydrogen-bond acceptors (Lipinski definition) is 4. The average Bonchev–Trinajstić information content (AvgIpc) is 2.98. The van der Waals surface area contributed by atoms with Gasteiger partial charge in [-0.15, -0.1) is 5.10 Å². The number of nitrogen functional groups attached to an aromatic ring is 1. The number of benzene rings is 2. The summed E-state index contributed by atoms with van der Waals surface area (Å²) in [6.07, 6.45) is 0.668. The van der Waals surface area contributed by atoms with Crippen molar-refractivity contribution < 1.29 is 4.79 Å². The molecule has 0 aliphatic carbocycles. The molecule has 0 aliphatic rings. The lowest BCUT2D eigenvalue weighted by Gasteiger charge is -2.13. The van der Waals surface area contributed by atoms with E-state index in [0.717, 1.165) is 16.7 Å². The second-order valence-electron chi connectivity index (χ2n) is 5.73. The Kier molecular flexibility index (Phi) is 4.42. The van der Waals surface area contributed by atoms with Crippen LogP contribution in [0.25, 0.3) is 11.4 Å². The highest BCUT2D eigenvalue weighted by Gasteiger charge is 2.24. The maximum atomic E-state index is 12.9. The smallest absolute Gasteiger partial charge is 0.257 e. The third kappa shape index (κ3) is 2.93. The molecule has 1 atom stereocenters. The van der Waals surface area contributed by atoms with E-state index in [-0.39, 0.29) is 17.8 Å². The summed E-state index contributed by atoms with van der Waals surface area (Å²) in [5.74, 6) is 0.142. The van der Waals surface area contributed by atoms with Gasteiger partial charge in [-0.05, 0) is 24.5 Å². The summed E-state index contributed by atoms with van der Waals surface area (Å²) in [7, 11) is 0. The van der Waals surface area contributed by atoms with E-state index in [4.69, 9.17) is 5.73 Å². The summed E-state index contributed by atoms with van der Waals surface area (Å²) >= 11 is 0. The van der Waals surface area contributed by atoms with Gasteiger partial charge in [-0.3, -0.25) is 4.79 Å². The molecule has 0 saturated heterocycles. The summed E-state index contributed by atoms with van der Waals surface area (Å²) in [6.45, 7) is 3.96. The van der Waals surface area contributed by atoms with E-state index in [1.165, 1.54) is 4.68 Å². The van der Waals surface area contributed by atoms with Crippen LogP contribution in [0.4, 0.5) is 5.95 Å². The highest BCUT2D eigenvalue weighted by Crippen LogP contribution is 2.25. The molecule has 0 fully saturated rings. The topological polar surface area (TPSA) is 73.8 Å². The molecule has 3 aromatic rings. The third-order valence-electron chi connectivity index (χ3n) is 4.14. The highest BCUT2D eigenvalue weighted by atomic mass is 16.2. The van der Waals surface area contributed by atoms with E-state index in [1.54, 1.807) is 0 Å². The molecule has 2 N–H and O–H groups in total. The second-order valence-corrected chi connectivity index (χ2v) is 5.73. The van der Waals surface area contributed by atoms with Crippen LogP contribution in [0.1, 0.15) is 35.2 Å². The number of rotatable bonds is 4. The van der Waals surface area contributed by atoms with Gasteiger partial charge in [0.2, 0.25) is 5.95 Å². The fourth-order valence-corrected chi connectivity index (χ4v) is 2.81. The molecule has 1 heterocycles. The van der Waals surface area contributed by atoms with Crippen LogP contribution in [-0.2, 0) is 0 Å². The van der Waals surface area contributed by atoms with Gasteiger partial charge in [-0.2, -0.15) is 9.67 Å². The summed E-state index contributed by atoms with van der Waals surface area (Å²) in [5.41, 5.74) is 8.84. The highest BCUT2D eigenvalue weighted by molar-refractivity contribution is 5.87. The number of nitrogens with two attached hydrogens (primary N) is 1. The lowest BCUT2D eigenvalue weighted by molar-refractivity contribution is 0.0862. The van der Waals surface area contributed by atoms with E-state index in [9.17, 15) is 4.79 Å². The van der Waals surface area contributed by atoms with Gasteiger partial charge in [-0.1, -0.05) is 61.5 Å². The number of nitrogens with zero attached hydrogens (tertiary/aromatic N) is 3. The van der Waals surface area contributed by atoms with Crippen molar-refractivity contribution in [2.75, 3.05) is 5.73 Å². The molecule has 1 aromatic heterocycles. The zero-order chi connectivity index (χ0) is 17.1. The van der Waals surface area contributed by atoms with Gasteiger partial charge in [0.25, 0.3) is 5.91 Å². The van der Waals surface area contributed by atoms with E-state index in [1.807, 2.05) is 68.4 Å². The molecular weight excluding hydrogens is 300 g/mol. The van der Waals surface area contributed by atoms with Crippen molar-refractivity contribution in [3.63, 3.8) is 0 Å². The minimum Gasteiger partial charge on any atom is -0.368 e. The Morgan fingerprint density at radius 1 is 1.12 bits per heavy atom. The summed E-state index contributed by atoms with van der Waals surface area (Å²) in [5, 5.41) is 4.37. The molecule has 3 rings (SSSR count). The number of carbonyl (C=O) groups is 1. The van der Waals surface area contributed by atoms with E-state index >= 15 is 0 Å². The van der Waals surface area contributed by atoms with Gasteiger partial charge in [0.15, 0.2) is 5.82 Å². The van der Waals surface area contributed by atoms with Crippen LogP contribution in [-0.4, -0.2) is 20.7 Å². The first kappa shape index (κ1) is 15.9. The molecule has 24 heavy (non-hydrogen) atoms. The largest absolute Gasteiger partial charge is 0.368 e. The number of hydrogen-bond donors (Lipinski definition) is 1. The van der Waals surface area contributed by atoms with Crippen LogP contribution in [0, 0.1) is 6.92 Å². The summed E-state index contributed by atoms with van der Waals surface area (Å²) < 4.78 is 1.23. The maximum Gasteiger partial charge on any atom is 0.257 e. The summed E-state index contributed by atoms with van der Waals surface area (Å²) in [4.78, 5) is 17.2. The molecule has 0 spiro atoms. The van der Waals surface area contributed by atoms with Crippen molar-refractivity contribution in [1.82, 2.24) is 14.8 Å². The molecule has 0 radical (unpaired) electrons. The van der Waals surface area contributed by atoms with Crippen LogP contribution in [0.2, 0.25) is 0 Å². The third-order valence-corrected chi connectivity index (χ3v) is 4.14. The van der Waals surface area contributed by atoms with Crippen LogP contribution < -0.4 is 5.73 Å². The standard InChI is InChI=1S/C19H20N4O/c1-3-15(14-10-5-4-6-11-14)18(24)23-19(20)21-17(22-23)16-12-8-7-9-13(16)2/h4-12,15H,3H2,1-2H3,(H2,20,21,22)/t15-/m1/s1. The maximum absolute atomic E-state index is 12.9. The van der Waals surface area contributed by atoms with E-state index < -0.39 is 0 Å². The minimum absolute atomic E-state index is 0.118. The van der Waals surface area contributed by atoms with Crippen molar-refractivity contribution >= 4 is 11.9 Å². The molecule has 122 valence electrons. The minimum atomic E-state index is -0.292. The average molecular weight is 320 g/mol. The number of aromatic nitrogens is 3. The fourth-order valence-electron chi connectivity index (χ4n) is 2.81. The summed E-state index contributed by atoms with van der Waals surface area (Å²) in [6, 6.07) is 17.4. The van der Waals surface area contributed by atoms with E-state index in [0.29, 0.717) is 12.2 Å². The Balaban J connectivity index is 1.98. The number of carbonyl (C=O) groups excluding carboxylic acids is 1. The predicted octanol–water partition coefficient (Wildman–Crippen LogP) is 3.67. The Hall–Kier alpha value is -2.95. The second kappa shape index (κ2) is 6.66. The van der Waals surface area contributed by atoms with E-state index in [2.05, 4.69) is 10.1 Å². The molecule has 0 aliphatic heterocycles. The molecule has 0 amide bonds. The van der Waals surface area contributed by atoms with Crippen LogP contribution in [0.15, 0.2) is 54.6 Å². The molecular formula is C19H20N4O. The molecule has 5 heteroatoms. The van der Waals surface area contributed by atoms with Crippen LogP contribution >= 0.6 is 0 Å². The molecule has 0 bridgehead atoms. The Morgan fingerprint density at radius 2 is 1.79 bits per heavy atom. The molecule has 0 unspecified atom stereocenters. The van der Waals surface area contributed by atoms with Gasteiger partial charge >= 0.3 is 0 Å². The van der Waals surface area contributed by atoms with Gasteiger partial charge < -0.3 is 5.73 Å². The first-order chi connectivity index (χ1) is 11.6. The van der Waals surface area contributed by atoms with Crippen molar-refractivity contribution in [1.29, 1.82) is 0 Å². The zero-order valence-corrected chi connectivity index (χ0v) is 13.8. The first-order valence-corrected chi connectivity index (χ1v) is 7.99. The Bertz CT molecular complexity index is 855. The number of anilines is 1. The lowest BCUT2D eigenvalue weighted by atomic mass is 9.96. The van der Waals surface area contributed by atoms with Crippen molar-refractivity contribution in [2.45, 2.75) is 26.2 Å². The Labute approximate surface area is 141 Å². The molecule has 0 saturated carbocycles. The van der Waals surface area contributed by atoms with Gasteiger partial charge in [-0.25, -0.2) is 0 Å². The van der Waals surface area contributed by atoms with Crippen molar-refractivity contribution in [3.05, 3.63) is 65.7 Å². The molecule has 5 nitrogen and oxygen atoms in total. The van der Waals surface area contributed by atoms with Crippen molar-refractivity contribution in [2.24, 2.45) is 0 Å². The SMILES string of the molecule is CC[C@@H](C(=O)n1nc(-c2ccccc2C)nc1N)c1ccccc1. The lowest BCUT2D eigenvalue weighted by Crippen LogP contribution is -2.22. The van der Waals surface area contributed by atoms with Crippen LogP contribution in [0.3, 0.4) is 0 Å². The normalized spacial score (nSPS) is 12.1. The fraction of sp³-hybridized carbons (Fsp3) is 0.211. The van der Waals surface area contributed by atoms with Crippen LogP contribution in [0.5, 0.6) is 0 Å². The predicted molar refractivity (Wildman–Crippen MR) is 94.7 cm³/mol. The number of aryl methyl sites for hydroxylation is 1. The monoisotopic (exact) mass is 320 g/mol. The Morgan fingerprint density at radius 3 is 2.46 bits per heavy atom. The van der Waals surface area contributed by atoms with Crippen molar-refractivity contribution in [3.8, 4) is 11.4 Å². The molecule has 2 aromatic carbocycles. The van der Waals surface area contributed by atoms with Gasteiger partial charge in [0, 0.05) is 5.56 Å².